The quantitative estimate of drug-likeness (QED) is 0.673. The number of nitrogens with one attached hydrogen (secondary N) is 2. The number of alkyl halides is 3. The van der Waals surface area contributed by atoms with Gasteiger partial charge in [-0.1, -0.05) is 45.9 Å². The lowest BCUT2D eigenvalue weighted by Gasteiger charge is -2.62. The first kappa shape index (κ1) is 21.8. The zero-order valence-electron chi connectivity index (χ0n) is 17.2. The fourth-order valence-corrected chi connectivity index (χ4v) is 4.43. The lowest BCUT2D eigenvalue weighted by Crippen LogP contribution is -2.70. The molecule has 1 aliphatic rings. The molecule has 1 saturated carbocycles. The molecule has 0 amide bonds. The number of hydrogen-bond donors (Lipinski definition) is 3. The van der Waals surface area contributed by atoms with Crippen LogP contribution in [0, 0.1) is 22.2 Å². The molecule has 0 saturated heterocycles. The van der Waals surface area contributed by atoms with Crippen LogP contribution in [-0.4, -0.2) is 27.2 Å². The summed E-state index contributed by atoms with van der Waals surface area (Å²) in [5.41, 5.74) is -1.33. The number of aliphatic hydroxyl groups is 1. The lowest BCUT2D eigenvalue weighted by atomic mass is 9.49. The third-order valence-electron chi connectivity index (χ3n) is 5.85. The third-order valence-corrected chi connectivity index (χ3v) is 5.85. The second kappa shape index (κ2) is 7.43. The van der Waals surface area contributed by atoms with Crippen molar-refractivity contribution in [2.24, 2.45) is 10.8 Å². The first-order valence-corrected chi connectivity index (χ1v) is 9.49. The van der Waals surface area contributed by atoms with Gasteiger partial charge in [0.25, 0.3) is 0 Å². The summed E-state index contributed by atoms with van der Waals surface area (Å²) < 4.78 is 39.5. The van der Waals surface area contributed by atoms with Gasteiger partial charge in [0.15, 0.2) is 0 Å². The molecule has 1 aromatic carbocycles. The van der Waals surface area contributed by atoms with Crippen LogP contribution in [0.4, 0.5) is 24.9 Å². The molecule has 0 unspecified atom stereocenters. The molecule has 9 heteroatoms. The van der Waals surface area contributed by atoms with Crippen LogP contribution in [-0.2, 0) is 12.7 Å². The first-order valence-electron chi connectivity index (χ1n) is 9.49. The molecule has 0 aliphatic heterocycles. The highest BCUT2D eigenvalue weighted by Gasteiger charge is 2.61. The fraction of sp³-hybridized carbons (Fsp3) is 0.476. The number of hydrogen-bond acceptors (Lipinski definition) is 6. The van der Waals surface area contributed by atoms with E-state index in [4.69, 9.17) is 0 Å². The van der Waals surface area contributed by atoms with Gasteiger partial charge in [0.05, 0.1) is 17.9 Å². The third kappa shape index (κ3) is 3.79. The van der Waals surface area contributed by atoms with Crippen molar-refractivity contribution in [2.75, 3.05) is 10.6 Å². The highest BCUT2D eigenvalue weighted by molar-refractivity contribution is 5.55. The maximum absolute atomic E-state index is 13.2. The Balaban J connectivity index is 1.82. The number of anilines is 2. The van der Waals surface area contributed by atoms with Crippen LogP contribution in [0.5, 0.6) is 0 Å². The molecule has 30 heavy (non-hydrogen) atoms. The zero-order chi connectivity index (χ0) is 22.3. The topological polar surface area (TPSA) is 93.9 Å². The Hall–Kier alpha value is -2.86. The molecular formula is C21H24F3N5O. The summed E-state index contributed by atoms with van der Waals surface area (Å²) in [7, 11) is 0. The summed E-state index contributed by atoms with van der Waals surface area (Å²) in [5.74, 6) is 0.376. The second-order valence-corrected chi connectivity index (χ2v) is 8.70. The number of aromatic nitrogens is 2. The van der Waals surface area contributed by atoms with E-state index in [1.54, 1.807) is 0 Å². The van der Waals surface area contributed by atoms with Crippen molar-refractivity contribution in [3.8, 4) is 6.07 Å². The summed E-state index contributed by atoms with van der Waals surface area (Å²) in [4.78, 5) is 8.35. The van der Waals surface area contributed by atoms with Crippen LogP contribution in [0.2, 0.25) is 0 Å². The standard InChI is InChI=1S/C21H24F3N5O/c1-19(2)16(20(3,4)17(19)30)28-15-13(9-25)11-27-18(29-15)26-10-12-7-5-6-8-14(12)21(22,23)24/h5-8,11,16-17,30H,10H2,1-4H3,(H2,26,27,28,29). The van der Waals surface area contributed by atoms with Crippen molar-refractivity contribution in [1.29, 1.82) is 5.26 Å². The number of nitrogens with zero attached hydrogens (tertiary/aromatic N) is 3. The maximum Gasteiger partial charge on any atom is 0.416 e. The van der Waals surface area contributed by atoms with E-state index in [-0.39, 0.29) is 35.5 Å². The van der Waals surface area contributed by atoms with E-state index in [2.05, 4.69) is 20.6 Å². The summed E-state index contributed by atoms with van der Waals surface area (Å²) in [5, 5.41) is 25.8. The van der Waals surface area contributed by atoms with Crippen molar-refractivity contribution in [3.63, 3.8) is 0 Å². The number of rotatable bonds is 5. The van der Waals surface area contributed by atoms with Crippen molar-refractivity contribution < 1.29 is 18.3 Å². The molecule has 1 heterocycles. The molecule has 3 rings (SSSR count). The van der Waals surface area contributed by atoms with Crippen LogP contribution in [0.3, 0.4) is 0 Å². The van der Waals surface area contributed by atoms with E-state index in [1.165, 1.54) is 24.4 Å². The average Bonchev–Trinajstić information content (AvgIpc) is 2.69. The number of aliphatic hydroxyl groups excluding tert-OH is 1. The largest absolute Gasteiger partial charge is 0.416 e. The Morgan fingerprint density at radius 2 is 1.80 bits per heavy atom. The van der Waals surface area contributed by atoms with Gasteiger partial charge < -0.3 is 15.7 Å². The van der Waals surface area contributed by atoms with Crippen molar-refractivity contribution in [1.82, 2.24) is 9.97 Å². The van der Waals surface area contributed by atoms with Gasteiger partial charge in [-0.25, -0.2) is 4.98 Å². The minimum atomic E-state index is -4.46. The Bertz CT molecular complexity index is 965. The van der Waals surface area contributed by atoms with E-state index in [1.807, 2.05) is 33.8 Å². The van der Waals surface area contributed by atoms with Gasteiger partial charge in [0.1, 0.15) is 17.5 Å². The highest BCUT2D eigenvalue weighted by atomic mass is 19.4. The molecule has 1 fully saturated rings. The van der Waals surface area contributed by atoms with Gasteiger partial charge >= 0.3 is 6.18 Å². The van der Waals surface area contributed by atoms with Crippen LogP contribution in [0.1, 0.15) is 44.4 Å². The predicted octanol–water partition coefficient (Wildman–Crippen LogP) is 4.19. The minimum Gasteiger partial charge on any atom is -0.392 e. The van der Waals surface area contributed by atoms with Gasteiger partial charge in [0, 0.05) is 23.4 Å². The monoisotopic (exact) mass is 419 g/mol. The molecule has 1 aromatic heterocycles. The van der Waals surface area contributed by atoms with E-state index < -0.39 is 28.7 Å². The van der Waals surface area contributed by atoms with Crippen LogP contribution < -0.4 is 10.6 Å². The molecular weight excluding hydrogens is 395 g/mol. The summed E-state index contributed by atoms with van der Waals surface area (Å²) in [6, 6.07) is 7.13. The smallest absolute Gasteiger partial charge is 0.392 e. The van der Waals surface area contributed by atoms with Gasteiger partial charge in [-0.15, -0.1) is 0 Å². The van der Waals surface area contributed by atoms with Crippen LogP contribution >= 0.6 is 0 Å². The summed E-state index contributed by atoms with van der Waals surface area (Å²) in [6.07, 6.45) is -3.67. The highest BCUT2D eigenvalue weighted by Crippen LogP contribution is 2.54. The first-order chi connectivity index (χ1) is 13.9. The van der Waals surface area contributed by atoms with Crippen molar-refractivity contribution >= 4 is 11.8 Å². The van der Waals surface area contributed by atoms with Gasteiger partial charge in [-0.2, -0.15) is 23.4 Å². The Kier molecular flexibility index (Phi) is 5.41. The molecule has 3 N–H and O–H groups in total. The van der Waals surface area contributed by atoms with Crippen LogP contribution in [0.25, 0.3) is 0 Å². The Labute approximate surface area is 173 Å². The SMILES string of the molecule is CC1(C)C(O)C(C)(C)C1Nc1nc(NCc2ccccc2C(F)(F)F)ncc1C#N. The fourth-order valence-electron chi connectivity index (χ4n) is 4.43. The molecule has 160 valence electrons. The molecule has 6 nitrogen and oxygen atoms in total. The normalized spacial score (nSPS) is 22.0. The van der Waals surface area contributed by atoms with E-state index in [0.29, 0.717) is 0 Å². The Morgan fingerprint density at radius 3 is 2.40 bits per heavy atom. The van der Waals surface area contributed by atoms with Gasteiger partial charge in [-0.3, -0.25) is 0 Å². The second-order valence-electron chi connectivity index (χ2n) is 8.70. The number of nitriles is 1. The number of halogens is 3. The number of benzene rings is 1. The molecule has 1 aliphatic carbocycles. The Morgan fingerprint density at radius 1 is 1.17 bits per heavy atom. The maximum atomic E-state index is 13.2. The zero-order valence-corrected chi connectivity index (χ0v) is 17.2. The van der Waals surface area contributed by atoms with Crippen molar-refractivity contribution in [3.05, 3.63) is 47.2 Å². The predicted molar refractivity (Wildman–Crippen MR) is 106 cm³/mol. The summed E-state index contributed by atoms with van der Waals surface area (Å²) in [6.45, 7) is 7.55. The van der Waals surface area contributed by atoms with E-state index in [9.17, 15) is 23.5 Å². The molecule has 2 aromatic rings. The lowest BCUT2D eigenvalue weighted by molar-refractivity contribution is -0.163. The van der Waals surface area contributed by atoms with Crippen LogP contribution in [0.15, 0.2) is 30.5 Å². The summed E-state index contributed by atoms with van der Waals surface area (Å²) >= 11 is 0. The molecule has 0 spiro atoms. The average molecular weight is 419 g/mol. The molecule has 0 atom stereocenters. The van der Waals surface area contributed by atoms with Gasteiger partial charge in [0.2, 0.25) is 5.95 Å². The molecule has 0 bridgehead atoms. The molecule has 0 radical (unpaired) electrons. The van der Waals surface area contributed by atoms with Crippen molar-refractivity contribution in [2.45, 2.75) is 52.6 Å². The van der Waals surface area contributed by atoms with E-state index >= 15 is 0 Å². The minimum absolute atomic E-state index is 0.0665. The van der Waals surface area contributed by atoms with Gasteiger partial charge in [-0.05, 0) is 11.6 Å². The van der Waals surface area contributed by atoms with E-state index in [0.717, 1.165) is 6.07 Å².